The predicted octanol–water partition coefficient (Wildman–Crippen LogP) is 2.50. The Hall–Kier alpha value is -3.86. The molecule has 1 heterocycles. The first-order valence-electron chi connectivity index (χ1n) is 7.77. The van der Waals surface area contributed by atoms with Gasteiger partial charge in [-0.1, -0.05) is 23.8 Å². The second-order valence-electron chi connectivity index (χ2n) is 5.48. The van der Waals surface area contributed by atoms with Gasteiger partial charge in [0.25, 0.3) is 5.91 Å². The average molecular weight is 348 g/mol. The van der Waals surface area contributed by atoms with Crippen LogP contribution in [-0.4, -0.2) is 27.3 Å². The van der Waals surface area contributed by atoms with E-state index in [9.17, 15) is 4.79 Å². The van der Waals surface area contributed by atoms with Gasteiger partial charge < -0.3 is 15.8 Å². The number of nitrogens with one attached hydrogen (secondary N) is 1. The van der Waals surface area contributed by atoms with Crippen molar-refractivity contribution in [2.45, 2.75) is 6.92 Å². The molecule has 0 fully saturated rings. The van der Waals surface area contributed by atoms with E-state index in [-0.39, 0.29) is 24.4 Å². The number of hydrogen-bond acceptors (Lipinski definition) is 7. The van der Waals surface area contributed by atoms with Crippen molar-refractivity contribution in [2.24, 2.45) is 0 Å². The summed E-state index contributed by atoms with van der Waals surface area (Å²) >= 11 is 0. The molecule has 8 nitrogen and oxygen atoms in total. The van der Waals surface area contributed by atoms with Gasteiger partial charge in [0.15, 0.2) is 6.61 Å². The molecule has 3 N–H and O–H groups in total. The summed E-state index contributed by atoms with van der Waals surface area (Å²) in [6.45, 7) is 1.85. The zero-order valence-corrected chi connectivity index (χ0v) is 14.0. The van der Waals surface area contributed by atoms with E-state index < -0.39 is 0 Å². The minimum Gasteiger partial charge on any atom is -0.479 e. The number of carbonyl (C=O) groups is 1. The van der Waals surface area contributed by atoms with Gasteiger partial charge >= 0.3 is 0 Å². The largest absolute Gasteiger partial charge is 0.479 e. The third kappa shape index (κ3) is 3.79. The van der Waals surface area contributed by atoms with E-state index in [2.05, 4.69) is 15.4 Å². The third-order valence-corrected chi connectivity index (χ3v) is 3.48. The lowest BCUT2D eigenvalue weighted by molar-refractivity contribution is 0.0948. The van der Waals surface area contributed by atoms with E-state index in [4.69, 9.17) is 15.7 Å². The standard InChI is InChI=1S/C18H16N6O2/c1-12-4-2-5-13(10-12)16(25)24-17(20)22-18(23-24)21-14-6-3-7-15(11-14)26-9-8-19/h2-7,10-11H,9H2,1H3,(H3,20,21,22,23). The van der Waals surface area contributed by atoms with E-state index in [0.29, 0.717) is 17.0 Å². The van der Waals surface area contributed by atoms with Crippen LogP contribution in [0, 0.1) is 18.3 Å². The zero-order valence-electron chi connectivity index (χ0n) is 14.0. The van der Waals surface area contributed by atoms with Gasteiger partial charge in [-0.3, -0.25) is 4.79 Å². The number of rotatable bonds is 5. The van der Waals surface area contributed by atoms with Gasteiger partial charge in [0.1, 0.15) is 11.8 Å². The molecule has 26 heavy (non-hydrogen) atoms. The SMILES string of the molecule is Cc1cccc(C(=O)n2nc(Nc3cccc(OCC#N)c3)nc2N)c1. The first-order valence-corrected chi connectivity index (χ1v) is 7.77. The first-order chi connectivity index (χ1) is 12.6. The summed E-state index contributed by atoms with van der Waals surface area (Å²) in [5, 5.41) is 15.7. The van der Waals surface area contributed by atoms with Crippen LogP contribution in [0.25, 0.3) is 0 Å². The van der Waals surface area contributed by atoms with Crippen molar-refractivity contribution in [1.82, 2.24) is 14.8 Å². The van der Waals surface area contributed by atoms with E-state index >= 15 is 0 Å². The molecule has 0 bridgehead atoms. The van der Waals surface area contributed by atoms with Crippen LogP contribution in [0.4, 0.5) is 17.6 Å². The molecule has 0 atom stereocenters. The molecule has 0 unspecified atom stereocenters. The maximum Gasteiger partial charge on any atom is 0.281 e. The van der Waals surface area contributed by atoms with E-state index in [1.807, 2.05) is 19.1 Å². The van der Waals surface area contributed by atoms with Gasteiger partial charge in [-0.25, -0.2) is 0 Å². The van der Waals surface area contributed by atoms with Crippen molar-refractivity contribution in [1.29, 1.82) is 5.26 Å². The Morgan fingerprint density at radius 1 is 1.31 bits per heavy atom. The molecule has 0 radical (unpaired) electrons. The molecule has 0 aliphatic carbocycles. The van der Waals surface area contributed by atoms with E-state index in [1.54, 1.807) is 42.5 Å². The van der Waals surface area contributed by atoms with Crippen LogP contribution in [0.5, 0.6) is 5.75 Å². The number of nitrogens with zero attached hydrogens (tertiary/aromatic N) is 4. The predicted molar refractivity (Wildman–Crippen MR) is 96.2 cm³/mol. The molecule has 0 aliphatic heterocycles. The monoisotopic (exact) mass is 348 g/mol. The quantitative estimate of drug-likeness (QED) is 0.727. The van der Waals surface area contributed by atoms with Gasteiger partial charge in [-0.2, -0.15) is 14.9 Å². The van der Waals surface area contributed by atoms with Crippen LogP contribution in [0.3, 0.4) is 0 Å². The zero-order chi connectivity index (χ0) is 18.5. The molecule has 3 aromatic rings. The molecule has 0 aliphatic rings. The van der Waals surface area contributed by atoms with Gasteiger partial charge in [-0.15, -0.1) is 5.10 Å². The number of anilines is 3. The summed E-state index contributed by atoms with van der Waals surface area (Å²) in [7, 11) is 0. The van der Waals surface area contributed by atoms with Crippen molar-refractivity contribution in [3.63, 3.8) is 0 Å². The fourth-order valence-corrected chi connectivity index (χ4v) is 2.34. The second-order valence-corrected chi connectivity index (χ2v) is 5.48. The topological polar surface area (TPSA) is 119 Å². The Morgan fingerprint density at radius 3 is 2.88 bits per heavy atom. The van der Waals surface area contributed by atoms with E-state index in [1.165, 1.54) is 0 Å². The molecule has 0 spiro atoms. The van der Waals surface area contributed by atoms with Crippen LogP contribution < -0.4 is 15.8 Å². The Bertz CT molecular complexity index is 989. The van der Waals surface area contributed by atoms with Crippen molar-refractivity contribution in [2.75, 3.05) is 17.7 Å². The van der Waals surface area contributed by atoms with Crippen molar-refractivity contribution >= 4 is 23.5 Å². The molecule has 2 aromatic carbocycles. The van der Waals surface area contributed by atoms with Gasteiger partial charge in [-0.05, 0) is 31.2 Å². The van der Waals surface area contributed by atoms with Gasteiger partial charge in [0, 0.05) is 17.3 Å². The summed E-state index contributed by atoms with van der Waals surface area (Å²) in [6, 6.07) is 16.0. The number of aromatic nitrogens is 3. The van der Waals surface area contributed by atoms with Crippen LogP contribution in [0.15, 0.2) is 48.5 Å². The molecular weight excluding hydrogens is 332 g/mol. The maximum atomic E-state index is 12.6. The normalized spacial score (nSPS) is 10.2. The molecule has 0 saturated heterocycles. The van der Waals surface area contributed by atoms with Crippen molar-refractivity contribution < 1.29 is 9.53 Å². The molecule has 8 heteroatoms. The minimum absolute atomic E-state index is 0.0177. The molecular formula is C18H16N6O2. The number of nitrogens with two attached hydrogens (primary N) is 1. The van der Waals surface area contributed by atoms with Crippen molar-refractivity contribution in [3.05, 3.63) is 59.7 Å². The molecule has 3 rings (SSSR count). The first kappa shape index (κ1) is 17.0. The molecule has 130 valence electrons. The number of aryl methyl sites for hydroxylation is 1. The second kappa shape index (κ2) is 7.36. The third-order valence-electron chi connectivity index (χ3n) is 3.48. The summed E-state index contributed by atoms with van der Waals surface area (Å²) < 4.78 is 6.29. The number of benzene rings is 2. The fraction of sp³-hybridized carbons (Fsp3) is 0.111. The van der Waals surface area contributed by atoms with E-state index in [0.717, 1.165) is 10.2 Å². The summed E-state index contributed by atoms with van der Waals surface area (Å²) in [5.41, 5.74) is 7.91. The number of ether oxygens (including phenoxy) is 1. The Balaban J connectivity index is 1.80. The molecule has 0 amide bonds. The van der Waals surface area contributed by atoms with Crippen LogP contribution in [0.1, 0.15) is 15.9 Å². The van der Waals surface area contributed by atoms with Gasteiger partial charge in [0.05, 0.1) is 0 Å². The number of nitrogen functional groups attached to an aromatic ring is 1. The Morgan fingerprint density at radius 2 is 2.12 bits per heavy atom. The highest BCUT2D eigenvalue weighted by Gasteiger charge is 2.16. The summed E-state index contributed by atoms with van der Waals surface area (Å²) in [6.07, 6.45) is 0. The Labute approximate surface area is 149 Å². The Kier molecular flexibility index (Phi) is 4.80. The highest BCUT2D eigenvalue weighted by Crippen LogP contribution is 2.20. The highest BCUT2D eigenvalue weighted by atomic mass is 16.5. The lowest BCUT2D eigenvalue weighted by atomic mass is 10.1. The lowest BCUT2D eigenvalue weighted by Gasteiger charge is -2.05. The average Bonchev–Trinajstić information content (AvgIpc) is 2.99. The van der Waals surface area contributed by atoms with Gasteiger partial charge in [0.2, 0.25) is 11.9 Å². The maximum absolute atomic E-state index is 12.6. The van der Waals surface area contributed by atoms with Crippen LogP contribution in [-0.2, 0) is 0 Å². The van der Waals surface area contributed by atoms with Crippen LogP contribution in [0.2, 0.25) is 0 Å². The summed E-state index contributed by atoms with van der Waals surface area (Å²) in [4.78, 5) is 16.6. The lowest BCUT2D eigenvalue weighted by Crippen LogP contribution is -2.16. The van der Waals surface area contributed by atoms with Crippen LogP contribution >= 0.6 is 0 Å². The van der Waals surface area contributed by atoms with Crippen molar-refractivity contribution in [3.8, 4) is 11.8 Å². The minimum atomic E-state index is -0.363. The molecule has 0 saturated carbocycles. The highest BCUT2D eigenvalue weighted by molar-refractivity contribution is 5.97. The number of nitriles is 1. The smallest absolute Gasteiger partial charge is 0.281 e. The molecule has 1 aromatic heterocycles. The summed E-state index contributed by atoms with van der Waals surface area (Å²) in [5.74, 6) is 0.328. The fourth-order valence-electron chi connectivity index (χ4n) is 2.34. The number of carbonyl (C=O) groups excluding carboxylic acids is 1. The number of hydrogen-bond donors (Lipinski definition) is 2.